The minimum atomic E-state index is -1.38. The van der Waals surface area contributed by atoms with Gasteiger partial charge in [-0.25, -0.2) is 4.79 Å². The molecule has 1 aromatic carbocycles. The number of carbonyl (C=O) groups is 1. The van der Waals surface area contributed by atoms with Crippen LogP contribution in [0.25, 0.3) is 10.9 Å². The van der Waals surface area contributed by atoms with Gasteiger partial charge in [-0.15, -0.1) is 0 Å². The maximum Gasteiger partial charge on any atom is 0.339 e. The van der Waals surface area contributed by atoms with Crippen LogP contribution in [-0.4, -0.2) is 28.3 Å². The topological polar surface area (TPSA) is 79.7 Å². The molecule has 1 unspecified atom stereocenters. The fourth-order valence-electron chi connectivity index (χ4n) is 1.66. The van der Waals surface area contributed by atoms with E-state index < -0.39 is 12.1 Å². The molecule has 2 rings (SSSR count). The average molecular weight is 233 g/mol. The molecular formula is C12H11NO4. The molecule has 0 fully saturated rings. The monoisotopic (exact) mass is 233 g/mol. The van der Waals surface area contributed by atoms with Crippen LogP contribution in [0.15, 0.2) is 30.5 Å². The Morgan fingerprint density at radius 1 is 1.41 bits per heavy atom. The van der Waals surface area contributed by atoms with E-state index in [0.29, 0.717) is 16.5 Å². The summed E-state index contributed by atoms with van der Waals surface area (Å²) in [6, 6.07) is 6.19. The first-order chi connectivity index (χ1) is 8.15. The molecule has 0 saturated heterocycles. The zero-order valence-corrected chi connectivity index (χ0v) is 9.12. The maximum absolute atomic E-state index is 11.3. The van der Waals surface area contributed by atoms with Crippen LogP contribution in [0.2, 0.25) is 0 Å². The van der Waals surface area contributed by atoms with E-state index in [9.17, 15) is 15.0 Å². The number of ether oxygens (including phenoxy) is 1. The van der Waals surface area contributed by atoms with Gasteiger partial charge in [-0.2, -0.15) is 0 Å². The van der Waals surface area contributed by atoms with Crippen molar-refractivity contribution in [1.82, 2.24) is 4.98 Å². The molecule has 0 saturated carbocycles. The lowest BCUT2D eigenvalue weighted by Gasteiger charge is -2.11. The smallest absolute Gasteiger partial charge is 0.339 e. The Kier molecular flexibility index (Phi) is 2.93. The first-order valence-corrected chi connectivity index (χ1v) is 4.97. The summed E-state index contributed by atoms with van der Waals surface area (Å²) in [7, 11) is 1.20. The van der Waals surface area contributed by atoms with Crippen molar-refractivity contribution in [3.63, 3.8) is 0 Å². The normalized spacial score (nSPS) is 12.4. The summed E-state index contributed by atoms with van der Waals surface area (Å²) in [5.74, 6) is -0.748. The molecule has 1 aromatic heterocycles. The summed E-state index contributed by atoms with van der Waals surface area (Å²) >= 11 is 0. The molecule has 0 aliphatic carbocycles. The minimum absolute atomic E-state index is 0.00131. The van der Waals surface area contributed by atoms with E-state index in [1.54, 1.807) is 12.1 Å². The van der Waals surface area contributed by atoms with E-state index in [2.05, 4.69) is 9.72 Å². The summed E-state index contributed by atoms with van der Waals surface area (Å²) < 4.78 is 4.47. The number of hydrogen-bond acceptors (Lipinski definition) is 5. The number of phenolic OH excluding ortho intramolecular Hbond substituents is 1. The second-order valence-electron chi connectivity index (χ2n) is 3.50. The Labute approximate surface area is 97.3 Å². The number of aliphatic hydroxyl groups is 1. The van der Waals surface area contributed by atoms with Crippen molar-refractivity contribution < 1.29 is 19.7 Å². The van der Waals surface area contributed by atoms with Crippen LogP contribution in [0.3, 0.4) is 0 Å². The predicted octanol–water partition coefficient (Wildman–Crippen LogP) is 1.15. The zero-order valence-electron chi connectivity index (χ0n) is 9.12. The van der Waals surface area contributed by atoms with Gasteiger partial charge in [0.15, 0.2) is 6.10 Å². The van der Waals surface area contributed by atoms with Gasteiger partial charge in [0.25, 0.3) is 0 Å². The van der Waals surface area contributed by atoms with Crippen molar-refractivity contribution >= 4 is 16.9 Å². The lowest BCUT2D eigenvalue weighted by molar-refractivity contribution is -0.150. The summed E-state index contributed by atoms with van der Waals surface area (Å²) in [5, 5.41) is 19.9. The molecule has 0 amide bonds. The number of benzene rings is 1. The Morgan fingerprint density at radius 2 is 2.18 bits per heavy atom. The molecule has 0 aliphatic heterocycles. The Morgan fingerprint density at radius 3 is 2.88 bits per heavy atom. The highest BCUT2D eigenvalue weighted by atomic mass is 16.5. The fourth-order valence-corrected chi connectivity index (χ4v) is 1.66. The van der Waals surface area contributed by atoms with Crippen LogP contribution < -0.4 is 0 Å². The summed E-state index contributed by atoms with van der Waals surface area (Å²) in [4.78, 5) is 15.3. The van der Waals surface area contributed by atoms with E-state index in [1.807, 2.05) is 0 Å². The minimum Gasteiger partial charge on any atom is -0.506 e. The molecule has 0 aliphatic rings. The first kappa shape index (κ1) is 11.3. The third kappa shape index (κ3) is 1.92. The van der Waals surface area contributed by atoms with Gasteiger partial charge >= 0.3 is 5.97 Å². The van der Waals surface area contributed by atoms with E-state index in [-0.39, 0.29) is 5.75 Å². The fraction of sp³-hybridized carbons (Fsp3) is 0.167. The lowest BCUT2D eigenvalue weighted by Crippen LogP contribution is -2.13. The third-order valence-corrected chi connectivity index (χ3v) is 2.50. The molecule has 2 aromatic rings. The highest BCUT2D eigenvalue weighted by Gasteiger charge is 2.21. The van der Waals surface area contributed by atoms with Crippen molar-refractivity contribution in [3.05, 3.63) is 36.0 Å². The van der Waals surface area contributed by atoms with Crippen molar-refractivity contribution in [2.24, 2.45) is 0 Å². The number of esters is 1. The second kappa shape index (κ2) is 4.39. The van der Waals surface area contributed by atoms with E-state index in [1.165, 1.54) is 25.4 Å². The number of rotatable bonds is 2. The number of aliphatic hydroxyl groups excluding tert-OH is 1. The molecule has 0 radical (unpaired) electrons. The quantitative estimate of drug-likeness (QED) is 0.760. The van der Waals surface area contributed by atoms with Crippen LogP contribution >= 0.6 is 0 Å². The standard InChI is InChI=1S/C12H11NO4/c1-17-12(16)11(15)8-4-5-9(14)10-7(8)3-2-6-13-10/h2-6,11,14-15H,1H3. The SMILES string of the molecule is COC(=O)C(O)c1ccc(O)c2ncccc12. The number of aromatic hydroxyl groups is 1. The van der Waals surface area contributed by atoms with Gasteiger partial charge in [0, 0.05) is 17.1 Å². The number of hydrogen-bond donors (Lipinski definition) is 2. The molecule has 2 N–H and O–H groups in total. The van der Waals surface area contributed by atoms with Crippen molar-refractivity contribution in [1.29, 1.82) is 0 Å². The highest BCUT2D eigenvalue weighted by molar-refractivity contribution is 5.91. The van der Waals surface area contributed by atoms with Crippen LogP contribution in [0, 0.1) is 0 Å². The van der Waals surface area contributed by atoms with Crippen molar-refractivity contribution in [3.8, 4) is 5.75 Å². The second-order valence-corrected chi connectivity index (χ2v) is 3.50. The molecule has 0 spiro atoms. The number of fused-ring (bicyclic) bond motifs is 1. The zero-order chi connectivity index (χ0) is 12.4. The van der Waals surface area contributed by atoms with Crippen molar-refractivity contribution in [2.45, 2.75) is 6.10 Å². The van der Waals surface area contributed by atoms with Gasteiger partial charge in [-0.1, -0.05) is 12.1 Å². The molecule has 5 nitrogen and oxygen atoms in total. The van der Waals surface area contributed by atoms with Gasteiger partial charge in [0.05, 0.1) is 7.11 Å². The molecule has 17 heavy (non-hydrogen) atoms. The number of nitrogens with zero attached hydrogens (tertiary/aromatic N) is 1. The molecule has 1 atom stereocenters. The molecule has 1 heterocycles. The lowest BCUT2D eigenvalue weighted by atomic mass is 10.0. The molecule has 0 bridgehead atoms. The molecule has 88 valence electrons. The number of aromatic nitrogens is 1. The summed E-state index contributed by atoms with van der Waals surface area (Å²) in [6.45, 7) is 0. The van der Waals surface area contributed by atoms with Crippen LogP contribution in [0.5, 0.6) is 5.75 Å². The van der Waals surface area contributed by atoms with E-state index >= 15 is 0 Å². The molecule has 5 heteroatoms. The van der Waals surface area contributed by atoms with Crippen LogP contribution in [0.4, 0.5) is 0 Å². The highest BCUT2D eigenvalue weighted by Crippen LogP contribution is 2.29. The number of pyridine rings is 1. The molecular weight excluding hydrogens is 222 g/mol. The number of phenols is 1. The largest absolute Gasteiger partial charge is 0.506 e. The van der Waals surface area contributed by atoms with E-state index in [0.717, 1.165) is 0 Å². The first-order valence-electron chi connectivity index (χ1n) is 4.97. The maximum atomic E-state index is 11.3. The van der Waals surface area contributed by atoms with Gasteiger partial charge < -0.3 is 14.9 Å². The van der Waals surface area contributed by atoms with Gasteiger partial charge in [-0.05, 0) is 12.1 Å². The Balaban J connectivity index is 2.63. The van der Waals surface area contributed by atoms with Gasteiger partial charge in [0.1, 0.15) is 11.3 Å². The summed E-state index contributed by atoms with van der Waals surface area (Å²) in [6.07, 6.45) is 0.142. The van der Waals surface area contributed by atoms with Crippen LogP contribution in [-0.2, 0) is 9.53 Å². The average Bonchev–Trinajstić information content (AvgIpc) is 2.38. The number of methoxy groups -OCH3 is 1. The predicted molar refractivity (Wildman–Crippen MR) is 60.4 cm³/mol. The summed E-state index contributed by atoms with van der Waals surface area (Å²) in [5.41, 5.74) is 0.700. The van der Waals surface area contributed by atoms with Crippen LogP contribution in [0.1, 0.15) is 11.7 Å². The van der Waals surface area contributed by atoms with E-state index in [4.69, 9.17) is 0 Å². The van der Waals surface area contributed by atoms with Gasteiger partial charge in [0.2, 0.25) is 0 Å². The van der Waals surface area contributed by atoms with Gasteiger partial charge in [-0.3, -0.25) is 4.98 Å². The Hall–Kier alpha value is -2.14. The van der Waals surface area contributed by atoms with Crippen molar-refractivity contribution in [2.75, 3.05) is 7.11 Å². The Bertz CT molecular complexity index is 567. The third-order valence-electron chi connectivity index (χ3n) is 2.50. The number of carbonyl (C=O) groups excluding carboxylic acids is 1.